The molecule has 2 aliphatic carbocycles. The number of carbonyl (C=O) groups is 3. The van der Waals surface area contributed by atoms with E-state index >= 15 is 0 Å². The molecule has 23 heavy (non-hydrogen) atoms. The van der Waals surface area contributed by atoms with Crippen molar-refractivity contribution in [1.29, 1.82) is 0 Å². The number of imide groups is 1. The van der Waals surface area contributed by atoms with E-state index in [2.05, 4.69) is 31.9 Å². The van der Waals surface area contributed by atoms with Crippen LogP contribution in [0.15, 0.2) is 24.3 Å². The smallest absolute Gasteiger partial charge is 0.335 e. The molecule has 7 heteroatoms. The van der Waals surface area contributed by atoms with E-state index in [-0.39, 0.29) is 50.7 Å². The molecule has 0 spiro atoms. The lowest BCUT2D eigenvalue weighted by atomic mass is 9.81. The molecule has 3 aliphatic rings. The number of hydrogen-bond acceptors (Lipinski definition) is 3. The first kappa shape index (κ1) is 15.3. The second-order valence-corrected chi connectivity index (χ2v) is 8.48. The van der Waals surface area contributed by atoms with Crippen LogP contribution in [0.4, 0.5) is 5.69 Å². The molecule has 1 heterocycles. The Balaban J connectivity index is 1.68. The SMILES string of the molecule is O=C(O)c1ccc(N2C(=O)[C@@H]3[C@H]4C[C@@H]([C@H](Br)[C@H]4Br)[C@H]3C2=O)cc1. The molecule has 1 saturated heterocycles. The number of benzene rings is 1. The van der Waals surface area contributed by atoms with Gasteiger partial charge in [-0.05, 0) is 42.5 Å². The van der Waals surface area contributed by atoms with E-state index in [0.29, 0.717) is 5.69 Å². The van der Waals surface area contributed by atoms with Crippen LogP contribution in [0, 0.1) is 23.7 Å². The van der Waals surface area contributed by atoms with Crippen molar-refractivity contribution in [3.05, 3.63) is 29.8 Å². The summed E-state index contributed by atoms with van der Waals surface area (Å²) in [5.41, 5.74) is 0.588. The zero-order chi connectivity index (χ0) is 16.5. The van der Waals surface area contributed by atoms with Gasteiger partial charge in [-0.25, -0.2) is 4.79 Å². The molecule has 1 N–H and O–H groups in total. The van der Waals surface area contributed by atoms with E-state index in [1.54, 1.807) is 0 Å². The minimum atomic E-state index is -1.03. The number of aromatic carboxylic acids is 1. The fourth-order valence-electron chi connectivity index (χ4n) is 4.36. The van der Waals surface area contributed by atoms with Crippen molar-refractivity contribution < 1.29 is 19.5 Å². The van der Waals surface area contributed by atoms with Crippen LogP contribution in [0.2, 0.25) is 0 Å². The van der Waals surface area contributed by atoms with Crippen molar-refractivity contribution in [3.63, 3.8) is 0 Å². The van der Waals surface area contributed by atoms with E-state index in [0.717, 1.165) is 6.42 Å². The Morgan fingerprint density at radius 3 is 1.91 bits per heavy atom. The Labute approximate surface area is 149 Å². The summed E-state index contributed by atoms with van der Waals surface area (Å²) in [5, 5.41) is 8.95. The maximum absolute atomic E-state index is 12.8. The van der Waals surface area contributed by atoms with Gasteiger partial charge < -0.3 is 5.11 Å². The Bertz CT molecular complexity index is 687. The van der Waals surface area contributed by atoms with E-state index in [1.165, 1.54) is 29.2 Å². The molecular formula is C16H13Br2NO4. The highest BCUT2D eigenvalue weighted by Gasteiger charge is 2.66. The van der Waals surface area contributed by atoms with Gasteiger partial charge in [-0.1, -0.05) is 31.9 Å². The second kappa shape index (κ2) is 5.14. The predicted molar refractivity (Wildman–Crippen MR) is 89.9 cm³/mol. The van der Waals surface area contributed by atoms with Crippen molar-refractivity contribution in [2.24, 2.45) is 23.7 Å². The van der Waals surface area contributed by atoms with Crippen LogP contribution in [0.25, 0.3) is 0 Å². The van der Waals surface area contributed by atoms with E-state index in [1.807, 2.05) is 0 Å². The summed E-state index contributed by atoms with van der Waals surface area (Å²) in [6, 6.07) is 5.89. The summed E-state index contributed by atoms with van der Waals surface area (Å²) in [4.78, 5) is 38.2. The Hall–Kier alpha value is -1.21. The molecule has 0 unspecified atom stereocenters. The molecule has 2 saturated carbocycles. The van der Waals surface area contributed by atoms with Gasteiger partial charge in [0.2, 0.25) is 11.8 Å². The molecule has 2 amide bonds. The summed E-state index contributed by atoms with van der Waals surface area (Å²) in [6.07, 6.45) is 0.893. The number of amides is 2. The lowest BCUT2D eigenvalue weighted by Gasteiger charge is -2.28. The summed E-state index contributed by atoms with van der Waals surface area (Å²) < 4.78 is 0. The average molecular weight is 443 g/mol. The largest absolute Gasteiger partial charge is 0.478 e. The highest BCUT2D eigenvalue weighted by Crippen LogP contribution is 2.60. The molecule has 4 rings (SSSR count). The molecule has 120 valence electrons. The number of carboxylic acids is 1. The van der Waals surface area contributed by atoms with Crippen molar-refractivity contribution >= 4 is 55.3 Å². The zero-order valence-electron chi connectivity index (χ0n) is 11.9. The lowest BCUT2D eigenvalue weighted by molar-refractivity contribution is -0.123. The average Bonchev–Trinajstić information content (AvgIpc) is 3.12. The highest BCUT2D eigenvalue weighted by molar-refractivity contribution is 9.12. The minimum Gasteiger partial charge on any atom is -0.478 e. The first-order valence-corrected chi connectivity index (χ1v) is 9.24. The van der Waals surface area contributed by atoms with Crippen molar-refractivity contribution in [1.82, 2.24) is 0 Å². The molecule has 0 aromatic heterocycles. The number of halogens is 2. The summed E-state index contributed by atoms with van der Waals surface area (Å²) >= 11 is 7.30. The molecule has 0 radical (unpaired) electrons. The Morgan fingerprint density at radius 2 is 1.48 bits per heavy atom. The number of hydrogen-bond donors (Lipinski definition) is 1. The standard InChI is InChI=1S/C16H13Br2NO4/c17-12-8-5-9(13(12)18)11-10(8)14(20)19(15(11)21)7-3-1-6(2-4-7)16(22)23/h1-4,8-13H,5H2,(H,22,23)/t8-,9-,10-,11-,12+,13+/m1/s1. The van der Waals surface area contributed by atoms with Crippen LogP contribution >= 0.6 is 31.9 Å². The fraction of sp³-hybridized carbons (Fsp3) is 0.438. The molecule has 2 bridgehead atoms. The Kier molecular flexibility index (Phi) is 3.43. The van der Waals surface area contributed by atoms with Gasteiger partial charge in [-0.15, -0.1) is 0 Å². The van der Waals surface area contributed by atoms with Crippen LogP contribution in [-0.2, 0) is 9.59 Å². The van der Waals surface area contributed by atoms with Crippen molar-refractivity contribution in [2.75, 3.05) is 4.90 Å². The van der Waals surface area contributed by atoms with E-state index < -0.39 is 5.97 Å². The molecule has 1 aromatic carbocycles. The number of fused-ring (bicyclic) bond motifs is 5. The van der Waals surface area contributed by atoms with Gasteiger partial charge >= 0.3 is 5.97 Å². The van der Waals surface area contributed by atoms with Gasteiger partial charge in [-0.3, -0.25) is 14.5 Å². The number of rotatable bonds is 2. The zero-order valence-corrected chi connectivity index (χ0v) is 15.0. The van der Waals surface area contributed by atoms with Crippen LogP contribution in [0.3, 0.4) is 0 Å². The van der Waals surface area contributed by atoms with Gasteiger partial charge in [-0.2, -0.15) is 0 Å². The summed E-state index contributed by atoms with van der Waals surface area (Å²) in [6.45, 7) is 0. The van der Waals surface area contributed by atoms with Crippen LogP contribution < -0.4 is 4.90 Å². The maximum atomic E-state index is 12.8. The van der Waals surface area contributed by atoms with Crippen LogP contribution in [0.5, 0.6) is 0 Å². The summed E-state index contributed by atoms with van der Waals surface area (Å²) in [7, 11) is 0. The number of carbonyl (C=O) groups excluding carboxylic acids is 2. The highest BCUT2D eigenvalue weighted by atomic mass is 79.9. The Morgan fingerprint density at radius 1 is 1.00 bits per heavy atom. The van der Waals surface area contributed by atoms with Gasteiger partial charge in [0.05, 0.1) is 23.1 Å². The van der Waals surface area contributed by atoms with Gasteiger partial charge in [0.1, 0.15) is 0 Å². The predicted octanol–water partition coefficient (Wildman–Crippen LogP) is 2.67. The van der Waals surface area contributed by atoms with Gasteiger partial charge in [0, 0.05) is 9.65 Å². The molecule has 1 aromatic rings. The first-order chi connectivity index (χ1) is 10.9. The van der Waals surface area contributed by atoms with Crippen LogP contribution in [-0.4, -0.2) is 32.5 Å². The first-order valence-electron chi connectivity index (χ1n) is 7.41. The number of anilines is 1. The fourth-order valence-corrected chi connectivity index (χ4v) is 6.23. The topological polar surface area (TPSA) is 74.7 Å². The number of nitrogens with zero attached hydrogens (tertiary/aromatic N) is 1. The third-order valence-corrected chi connectivity index (χ3v) is 8.57. The third-order valence-electron chi connectivity index (χ3n) is 5.36. The molecule has 6 atom stereocenters. The quantitative estimate of drug-likeness (QED) is 0.564. The van der Waals surface area contributed by atoms with Gasteiger partial charge in [0.25, 0.3) is 0 Å². The number of carboxylic acid groups (broad SMARTS) is 1. The monoisotopic (exact) mass is 441 g/mol. The summed E-state index contributed by atoms with van der Waals surface area (Å²) in [5.74, 6) is -1.51. The second-order valence-electron chi connectivity index (χ2n) is 6.37. The third kappa shape index (κ3) is 1.99. The van der Waals surface area contributed by atoms with Crippen molar-refractivity contribution in [2.45, 2.75) is 16.1 Å². The molecule has 1 aliphatic heterocycles. The normalized spacial score (nSPS) is 38.3. The van der Waals surface area contributed by atoms with Crippen LogP contribution in [0.1, 0.15) is 16.8 Å². The number of alkyl halides is 2. The van der Waals surface area contributed by atoms with E-state index in [9.17, 15) is 14.4 Å². The maximum Gasteiger partial charge on any atom is 0.335 e. The molecular weight excluding hydrogens is 430 g/mol. The minimum absolute atomic E-state index is 0.133. The van der Waals surface area contributed by atoms with Crippen molar-refractivity contribution in [3.8, 4) is 0 Å². The van der Waals surface area contributed by atoms with Gasteiger partial charge in [0.15, 0.2) is 0 Å². The lowest BCUT2D eigenvalue weighted by Crippen LogP contribution is -2.37. The molecule has 5 nitrogen and oxygen atoms in total. The van der Waals surface area contributed by atoms with E-state index in [4.69, 9.17) is 5.11 Å². The molecule has 3 fully saturated rings.